The van der Waals surface area contributed by atoms with E-state index in [1.54, 1.807) is 0 Å². The fourth-order valence-electron chi connectivity index (χ4n) is 18.1. The predicted octanol–water partition coefficient (Wildman–Crippen LogP) is 30.5. The molecule has 0 N–H and O–H groups in total. The smallest absolute Gasteiger partial charge is 0.0407 e. The van der Waals surface area contributed by atoms with Crippen molar-refractivity contribution < 1.29 is 0 Å². The number of aryl methyl sites for hydroxylation is 15. The summed E-state index contributed by atoms with van der Waals surface area (Å²) in [5, 5.41) is 13.9. The zero-order valence-corrected chi connectivity index (χ0v) is 80.0. The van der Waals surface area contributed by atoms with Crippen LogP contribution in [0, 0.1) is 348 Å². The summed E-state index contributed by atoms with van der Waals surface area (Å²) in [6.45, 7) is 100. The van der Waals surface area contributed by atoms with Crippen LogP contribution < -0.4 is 0 Å². The minimum Gasteiger partial charge on any atom is -0.101 e. The molecule has 0 saturated carbocycles. The van der Waals surface area contributed by atoms with Crippen LogP contribution in [0.15, 0.2) is 0 Å². The Labute approximate surface area is 694 Å². The van der Waals surface area contributed by atoms with E-state index in [9.17, 15) is 0 Å². The van der Waals surface area contributed by atoms with Crippen LogP contribution in [0.4, 0.5) is 0 Å². The second-order valence-corrected chi connectivity index (χ2v) is 33.2. The second kappa shape index (κ2) is 37.1. The molecule has 0 aromatic heterocycles. The number of hydrogen-bond donors (Lipinski definition) is 0. The van der Waals surface area contributed by atoms with Crippen molar-refractivity contribution in [3.8, 4) is 71.0 Å². The molecule has 0 atom stereocenters. The molecule has 0 amide bonds. The number of rotatable bonds is 0. The number of fused-ring (bicyclic) bond motifs is 5. The minimum absolute atomic E-state index is 1.21. The molecule has 594 valence electrons. The van der Waals surface area contributed by atoms with Crippen LogP contribution >= 0.6 is 0 Å². The van der Waals surface area contributed by atoms with Crippen molar-refractivity contribution in [2.45, 2.75) is 318 Å². The summed E-state index contributed by atoms with van der Waals surface area (Å²) >= 11 is 0. The van der Waals surface area contributed by atoms with Gasteiger partial charge in [-0.05, 0) is 573 Å². The molecular formula is C114H138. The van der Waals surface area contributed by atoms with Gasteiger partial charge in [0.2, 0.25) is 0 Å². The molecule has 11 rings (SSSR count). The summed E-state index contributed by atoms with van der Waals surface area (Å²) in [5.41, 5.74) is 62.6. The Morgan fingerprint density at radius 3 is 0.412 bits per heavy atom. The molecule has 0 aliphatic rings. The van der Waals surface area contributed by atoms with Crippen molar-refractivity contribution in [3.63, 3.8) is 0 Å². The maximum atomic E-state index is 3.50. The minimum atomic E-state index is 1.21. The Bertz CT molecular complexity index is 5900. The molecule has 0 heteroatoms. The fourth-order valence-corrected chi connectivity index (χ4v) is 18.1. The van der Waals surface area contributed by atoms with Crippen LogP contribution in [0.5, 0.6) is 0 Å². The van der Waals surface area contributed by atoms with E-state index in [1.807, 2.05) is 41.5 Å². The summed E-state index contributed by atoms with van der Waals surface area (Å²) in [6.07, 6.45) is 0. The molecule has 0 bridgehead atoms. The lowest BCUT2D eigenvalue weighted by Gasteiger charge is -2.23. The highest BCUT2D eigenvalue weighted by Crippen LogP contribution is 2.45. The molecular weight excluding hydrogens is 1370 g/mol. The summed E-state index contributed by atoms with van der Waals surface area (Å²) in [5.74, 6) is 38.4. The SMILES string of the molecule is CC#Cc1c(C)c(C)c(C)c(C)c1C.CC#Cc1c(C)c(C)c(C)c(C)c1C.CC#Cc1c(C)c(C)c(C)c2c(C)c(C)c(C)c(C)c12.CC#Cc1c(C)c(C)c(C)c2c(C)c(C)c(C)c(C)c12.CC#Cc1c(C)c(C)c2c(C)c(C)c(C)c(C)c2c1C.CC#Cc1c2c(C)c(C)c(C)c(C)c2c(C)c2c(C)c(C)c(C)c(C)c12. The van der Waals surface area contributed by atoms with E-state index >= 15 is 0 Å². The van der Waals surface area contributed by atoms with E-state index in [0.29, 0.717) is 0 Å². The lowest BCUT2D eigenvalue weighted by Crippen LogP contribution is -2.03. The Hall–Kier alpha value is -9.92. The Balaban J connectivity index is 0.000000216. The maximum Gasteiger partial charge on any atom is 0.0407 e. The van der Waals surface area contributed by atoms with Gasteiger partial charge in [0.15, 0.2) is 0 Å². The molecule has 0 fully saturated rings. The summed E-state index contributed by atoms with van der Waals surface area (Å²) in [6, 6.07) is 0. The van der Waals surface area contributed by atoms with E-state index in [0.717, 1.165) is 0 Å². The van der Waals surface area contributed by atoms with Crippen molar-refractivity contribution in [2.75, 3.05) is 0 Å². The fraction of sp³-hybridized carbons (Fsp3) is 0.404. The van der Waals surface area contributed by atoms with Crippen LogP contribution in [0.3, 0.4) is 0 Å². The Kier molecular flexibility index (Phi) is 30.3. The van der Waals surface area contributed by atoms with Gasteiger partial charge >= 0.3 is 0 Å². The Morgan fingerprint density at radius 2 is 0.193 bits per heavy atom. The molecule has 0 nitrogen and oxygen atoms in total. The van der Waals surface area contributed by atoms with Crippen LogP contribution in [0.25, 0.3) is 53.9 Å². The summed E-state index contributed by atoms with van der Waals surface area (Å²) in [7, 11) is 0. The van der Waals surface area contributed by atoms with Crippen molar-refractivity contribution >= 4 is 53.9 Å². The normalized spacial score (nSPS) is 10.5. The van der Waals surface area contributed by atoms with Crippen molar-refractivity contribution in [1.82, 2.24) is 0 Å². The van der Waals surface area contributed by atoms with Gasteiger partial charge in [-0.2, -0.15) is 0 Å². The number of benzene rings is 11. The monoisotopic (exact) mass is 1510 g/mol. The van der Waals surface area contributed by atoms with Crippen LogP contribution in [-0.2, 0) is 0 Å². The van der Waals surface area contributed by atoms with Crippen molar-refractivity contribution in [3.05, 3.63) is 256 Å². The second-order valence-electron chi connectivity index (χ2n) is 33.2. The van der Waals surface area contributed by atoms with E-state index in [-0.39, 0.29) is 0 Å². The maximum absolute atomic E-state index is 3.50. The van der Waals surface area contributed by atoms with Crippen LogP contribution in [0.1, 0.15) is 297 Å². The van der Waals surface area contributed by atoms with Gasteiger partial charge in [-0.3, -0.25) is 0 Å². The van der Waals surface area contributed by atoms with E-state index in [2.05, 4.69) is 348 Å². The van der Waals surface area contributed by atoms with Gasteiger partial charge in [0.25, 0.3) is 0 Å². The molecule has 11 aromatic carbocycles. The largest absolute Gasteiger partial charge is 0.101 e. The third-order valence-electron chi connectivity index (χ3n) is 28.5. The standard InChI is InChI=1S/C26H30.3C20H24.2C14H18/c1-11-12-22-25-19(8)15(4)13(2)17(6)23(25)21(10)24-18(7)14(3)16(5)20(9)26(22)24;2*1-9-10-18-14(5)13(4)16(7)19-15(6)11(2)12(3)17(8)20(18)19;1-9-10-18-13(4)16(7)19-14(5)11(2)12(3)15(6)20(19)17(18)8;2*1-7-8-14-12(5)10(3)9(2)11(4)13(14)6/h1-10H3;3*1-8H3;2*1-6H3. The highest BCUT2D eigenvalue weighted by Gasteiger charge is 2.25. The van der Waals surface area contributed by atoms with Gasteiger partial charge in [0, 0.05) is 54.9 Å². The predicted molar refractivity (Wildman–Crippen MR) is 511 cm³/mol. The van der Waals surface area contributed by atoms with Crippen LogP contribution in [-0.4, -0.2) is 0 Å². The lowest BCUT2D eigenvalue weighted by molar-refractivity contribution is 1.16. The van der Waals surface area contributed by atoms with E-state index in [1.165, 1.54) is 310 Å². The number of hydrogen-bond acceptors (Lipinski definition) is 0. The van der Waals surface area contributed by atoms with Crippen LogP contribution in [0.2, 0.25) is 0 Å². The average Bonchev–Trinajstić information content (AvgIpc) is 0.717. The highest BCUT2D eigenvalue weighted by atomic mass is 14.3. The van der Waals surface area contributed by atoms with Gasteiger partial charge in [-0.25, -0.2) is 0 Å². The summed E-state index contributed by atoms with van der Waals surface area (Å²) in [4.78, 5) is 0. The first-order chi connectivity index (χ1) is 53.1. The van der Waals surface area contributed by atoms with Gasteiger partial charge in [0.05, 0.1) is 0 Å². The molecule has 0 radical (unpaired) electrons. The third-order valence-corrected chi connectivity index (χ3v) is 28.5. The first-order valence-corrected chi connectivity index (χ1v) is 41.2. The zero-order chi connectivity index (χ0) is 86.8. The molecule has 0 heterocycles. The van der Waals surface area contributed by atoms with Crippen molar-refractivity contribution in [1.29, 1.82) is 0 Å². The Morgan fingerprint density at radius 1 is 0.0877 bits per heavy atom. The molecule has 0 spiro atoms. The zero-order valence-electron chi connectivity index (χ0n) is 80.0. The summed E-state index contributed by atoms with van der Waals surface area (Å²) < 4.78 is 0. The molecule has 11 aromatic rings. The molecule has 0 aliphatic carbocycles. The van der Waals surface area contributed by atoms with Gasteiger partial charge in [0.1, 0.15) is 0 Å². The lowest BCUT2D eigenvalue weighted by atomic mass is 9.80. The molecule has 0 saturated heterocycles. The first-order valence-electron chi connectivity index (χ1n) is 41.2. The average molecular weight is 1510 g/mol. The first kappa shape index (κ1) is 92.9. The third kappa shape index (κ3) is 16.4. The highest BCUT2D eigenvalue weighted by molar-refractivity contribution is 6.13. The van der Waals surface area contributed by atoms with E-state index in [4.69, 9.17) is 0 Å². The van der Waals surface area contributed by atoms with Gasteiger partial charge in [-0.15, -0.1) is 35.5 Å². The molecule has 0 unspecified atom stereocenters. The molecule has 114 heavy (non-hydrogen) atoms. The van der Waals surface area contributed by atoms with E-state index < -0.39 is 0 Å². The quantitative estimate of drug-likeness (QED) is 0.105. The topological polar surface area (TPSA) is 0 Å². The van der Waals surface area contributed by atoms with Crippen molar-refractivity contribution in [2.24, 2.45) is 0 Å². The molecule has 0 aliphatic heterocycles. The van der Waals surface area contributed by atoms with Gasteiger partial charge < -0.3 is 0 Å². The van der Waals surface area contributed by atoms with Gasteiger partial charge in [-0.1, -0.05) is 35.5 Å².